The fourth-order valence-corrected chi connectivity index (χ4v) is 10.2. The number of hydrogen-bond acceptors (Lipinski definition) is 0. The summed E-state index contributed by atoms with van der Waals surface area (Å²) in [5, 5.41) is 7.51. The standard InChI is InChI=1S/C60H39N3/c1-3-15-45(16-4-1)61-57-25-13-9-21-50(57)53-37-43(33-36-59(53)61)40-27-29-42(30-28-40)52-38-44(39-54-51-22-10-14-26-58(51)63(60(52)54)46-17-5-2-6-18-46)41-31-34-47(35-32-41)62-55-23-11-7-19-48(55)49-20-8-12-24-56(49)62/h1-39H. The molecule has 10 aromatic carbocycles. The quantitative estimate of drug-likeness (QED) is 0.159. The Morgan fingerprint density at radius 1 is 0.206 bits per heavy atom. The highest BCUT2D eigenvalue weighted by Crippen LogP contribution is 2.43. The van der Waals surface area contributed by atoms with Crippen molar-refractivity contribution in [1.29, 1.82) is 0 Å². The van der Waals surface area contributed by atoms with Gasteiger partial charge in [-0.3, -0.25) is 0 Å². The molecule has 13 rings (SSSR count). The Kier molecular flexibility index (Phi) is 7.91. The van der Waals surface area contributed by atoms with Gasteiger partial charge in [-0.25, -0.2) is 0 Å². The van der Waals surface area contributed by atoms with E-state index in [0.717, 1.165) is 11.4 Å². The monoisotopic (exact) mass is 801 g/mol. The van der Waals surface area contributed by atoms with Crippen LogP contribution in [0.2, 0.25) is 0 Å². The predicted molar refractivity (Wildman–Crippen MR) is 266 cm³/mol. The molecule has 0 unspecified atom stereocenters. The second-order valence-electron chi connectivity index (χ2n) is 16.5. The van der Waals surface area contributed by atoms with Gasteiger partial charge in [0.25, 0.3) is 0 Å². The van der Waals surface area contributed by atoms with E-state index < -0.39 is 0 Å². The molecule has 63 heavy (non-hydrogen) atoms. The van der Waals surface area contributed by atoms with Crippen molar-refractivity contribution in [2.45, 2.75) is 0 Å². The molecule has 0 atom stereocenters. The van der Waals surface area contributed by atoms with Gasteiger partial charge < -0.3 is 13.7 Å². The van der Waals surface area contributed by atoms with Gasteiger partial charge in [-0.05, 0) is 113 Å². The molecule has 3 aromatic heterocycles. The maximum atomic E-state index is 2.44. The molecule has 3 heterocycles. The van der Waals surface area contributed by atoms with E-state index in [-0.39, 0.29) is 0 Å². The van der Waals surface area contributed by atoms with Crippen molar-refractivity contribution in [2.24, 2.45) is 0 Å². The van der Waals surface area contributed by atoms with Crippen LogP contribution in [-0.4, -0.2) is 13.7 Å². The van der Waals surface area contributed by atoms with Crippen LogP contribution in [0.15, 0.2) is 237 Å². The van der Waals surface area contributed by atoms with Crippen LogP contribution in [0, 0.1) is 0 Å². The smallest absolute Gasteiger partial charge is 0.0619 e. The Balaban J connectivity index is 0.970. The van der Waals surface area contributed by atoms with Gasteiger partial charge in [0.1, 0.15) is 0 Å². The summed E-state index contributed by atoms with van der Waals surface area (Å²) in [4.78, 5) is 0. The lowest BCUT2D eigenvalue weighted by Crippen LogP contribution is -1.96. The van der Waals surface area contributed by atoms with Crippen molar-refractivity contribution in [1.82, 2.24) is 13.7 Å². The van der Waals surface area contributed by atoms with Gasteiger partial charge >= 0.3 is 0 Å². The van der Waals surface area contributed by atoms with Crippen LogP contribution in [0.25, 0.3) is 116 Å². The molecule has 0 amide bonds. The number of para-hydroxylation sites is 6. The van der Waals surface area contributed by atoms with Gasteiger partial charge in [0.05, 0.1) is 33.1 Å². The van der Waals surface area contributed by atoms with Crippen LogP contribution in [0.1, 0.15) is 0 Å². The molecular weight excluding hydrogens is 763 g/mol. The minimum absolute atomic E-state index is 1.15. The lowest BCUT2D eigenvalue weighted by atomic mass is 9.94. The zero-order valence-corrected chi connectivity index (χ0v) is 34.4. The minimum Gasteiger partial charge on any atom is -0.309 e. The first-order valence-electron chi connectivity index (χ1n) is 21.7. The van der Waals surface area contributed by atoms with Crippen LogP contribution in [-0.2, 0) is 0 Å². The molecule has 0 saturated carbocycles. The van der Waals surface area contributed by atoms with E-state index in [4.69, 9.17) is 0 Å². The fourth-order valence-electron chi connectivity index (χ4n) is 10.2. The van der Waals surface area contributed by atoms with Crippen LogP contribution >= 0.6 is 0 Å². The second kappa shape index (κ2) is 14.1. The molecule has 0 aliphatic heterocycles. The minimum atomic E-state index is 1.15. The zero-order chi connectivity index (χ0) is 41.4. The summed E-state index contributed by atoms with van der Waals surface area (Å²) in [6, 6.07) is 86.4. The Labute approximate surface area is 364 Å². The first kappa shape index (κ1) is 35.4. The molecule has 0 aliphatic carbocycles. The van der Waals surface area contributed by atoms with Crippen molar-refractivity contribution in [3.05, 3.63) is 237 Å². The lowest BCUT2D eigenvalue weighted by molar-refractivity contribution is 1.18. The summed E-state index contributed by atoms with van der Waals surface area (Å²) < 4.78 is 7.20. The van der Waals surface area contributed by atoms with Gasteiger partial charge in [0.15, 0.2) is 0 Å². The molecule has 294 valence electrons. The van der Waals surface area contributed by atoms with E-state index in [9.17, 15) is 0 Å². The van der Waals surface area contributed by atoms with Crippen LogP contribution < -0.4 is 0 Å². The molecular formula is C60H39N3. The average Bonchev–Trinajstić information content (AvgIpc) is 4.00. The molecule has 3 heteroatoms. The van der Waals surface area contributed by atoms with Gasteiger partial charge in [-0.15, -0.1) is 0 Å². The first-order valence-corrected chi connectivity index (χ1v) is 21.7. The van der Waals surface area contributed by atoms with Crippen LogP contribution in [0.4, 0.5) is 0 Å². The summed E-state index contributed by atoms with van der Waals surface area (Å²) in [5.41, 5.74) is 17.8. The molecule has 13 aromatic rings. The number of rotatable bonds is 6. The Morgan fingerprint density at radius 2 is 0.571 bits per heavy atom. The number of nitrogens with zero attached hydrogens (tertiary/aromatic N) is 3. The third kappa shape index (κ3) is 5.53. The molecule has 3 nitrogen and oxygen atoms in total. The fraction of sp³-hybridized carbons (Fsp3) is 0. The maximum Gasteiger partial charge on any atom is 0.0619 e. The lowest BCUT2D eigenvalue weighted by Gasteiger charge is -2.15. The van der Waals surface area contributed by atoms with E-state index in [1.165, 1.54) is 104 Å². The number of hydrogen-bond donors (Lipinski definition) is 0. The highest BCUT2D eigenvalue weighted by molar-refractivity contribution is 6.16. The third-order valence-corrected chi connectivity index (χ3v) is 13.0. The Hall–Kier alpha value is -8.40. The van der Waals surface area contributed by atoms with Crippen LogP contribution in [0.5, 0.6) is 0 Å². The normalized spacial score (nSPS) is 11.8. The summed E-state index contributed by atoms with van der Waals surface area (Å²) in [6.07, 6.45) is 0. The van der Waals surface area contributed by atoms with E-state index in [0.29, 0.717) is 0 Å². The van der Waals surface area contributed by atoms with Crippen molar-refractivity contribution in [3.63, 3.8) is 0 Å². The van der Waals surface area contributed by atoms with Gasteiger partial charge in [-0.2, -0.15) is 0 Å². The molecule has 0 spiro atoms. The summed E-state index contributed by atoms with van der Waals surface area (Å²) in [5.74, 6) is 0. The van der Waals surface area contributed by atoms with E-state index >= 15 is 0 Å². The highest BCUT2D eigenvalue weighted by Gasteiger charge is 2.20. The maximum absolute atomic E-state index is 2.44. The topological polar surface area (TPSA) is 14.8 Å². The zero-order valence-electron chi connectivity index (χ0n) is 34.4. The van der Waals surface area contributed by atoms with E-state index in [2.05, 4.69) is 250 Å². The van der Waals surface area contributed by atoms with Crippen molar-refractivity contribution >= 4 is 65.4 Å². The molecule has 0 fully saturated rings. The number of benzene rings is 10. The molecule has 0 aliphatic rings. The Morgan fingerprint density at radius 3 is 1.14 bits per heavy atom. The Bertz CT molecular complexity index is 3810. The number of fused-ring (bicyclic) bond motifs is 9. The summed E-state index contributed by atoms with van der Waals surface area (Å²) in [7, 11) is 0. The molecule has 0 N–H and O–H groups in total. The van der Waals surface area contributed by atoms with Gasteiger partial charge in [0.2, 0.25) is 0 Å². The van der Waals surface area contributed by atoms with Gasteiger partial charge in [-0.1, -0.05) is 152 Å². The third-order valence-electron chi connectivity index (χ3n) is 13.0. The first-order chi connectivity index (χ1) is 31.3. The van der Waals surface area contributed by atoms with Crippen molar-refractivity contribution in [3.8, 4) is 50.4 Å². The predicted octanol–water partition coefficient (Wildman–Crippen LogP) is 16.0. The number of aromatic nitrogens is 3. The summed E-state index contributed by atoms with van der Waals surface area (Å²) in [6.45, 7) is 0. The second-order valence-corrected chi connectivity index (χ2v) is 16.5. The van der Waals surface area contributed by atoms with E-state index in [1.807, 2.05) is 0 Å². The highest BCUT2D eigenvalue weighted by atomic mass is 15.0. The molecule has 0 saturated heterocycles. The average molecular weight is 802 g/mol. The van der Waals surface area contributed by atoms with Gasteiger partial charge in [0, 0.05) is 54.9 Å². The van der Waals surface area contributed by atoms with E-state index in [1.54, 1.807) is 0 Å². The summed E-state index contributed by atoms with van der Waals surface area (Å²) >= 11 is 0. The molecule has 0 bridgehead atoms. The van der Waals surface area contributed by atoms with Crippen molar-refractivity contribution < 1.29 is 0 Å². The van der Waals surface area contributed by atoms with Crippen molar-refractivity contribution in [2.75, 3.05) is 0 Å². The molecule has 0 radical (unpaired) electrons. The van der Waals surface area contributed by atoms with Crippen LogP contribution in [0.3, 0.4) is 0 Å². The SMILES string of the molecule is c1ccc(-n2c3ccccc3c3cc(-c4ccc(-c5cc(-c6ccc(-n7c8ccccc8c8ccccc87)cc6)cc6c7ccccc7n(-c7ccccc7)c56)cc4)ccc32)cc1. The largest absolute Gasteiger partial charge is 0.309 e.